The van der Waals surface area contributed by atoms with Crippen LogP contribution in [0.25, 0.3) is 0 Å². The van der Waals surface area contributed by atoms with Gasteiger partial charge >= 0.3 is 0 Å². The predicted octanol–water partition coefficient (Wildman–Crippen LogP) is 1.52. The van der Waals surface area contributed by atoms with Gasteiger partial charge in [-0.3, -0.25) is 0 Å². The third-order valence-electron chi connectivity index (χ3n) is 5.38. The fraction of sp³-hybridized carbons (Fsp3) is 0.400. The van der Waals surface area contributed by atoms with Crippen molar-refractivity contribution in [2.75, 3.05) is 26.7 Å². The first kappa shape index (κ1) is 18.1. The van der Waals surface area contributed by atoms with E-state index in [1.807, 2.05) is 37.3 Å². The zero-order valence-electron chi connectivity index (χ0n) is 15.0. The standard InChI is InChI=1S/C20H26N2O2S/c1-17-8-10-19(11-9-17)25(23,24)21-16-20(12-14-22(2)15-13-20)18-6-4-3-5-7-18/h3-11,21H,12-16H2,1-2H3/p+1. The molecule has 1 fully saturated rings. The van der Waals surface area contributed by atoms with Crippen LogP contribution in [0.5, 0.6) is 0 Å². The molecule has 134 valence electrons. The second-order valence-corrected chi connectivity index (χ2v) is 9.01. The van der Waals surface area contributed by atoms with Gasteiger partial charge in [-0.15, -0.1) is 0 Å². The number of benzene rings is 2. The van der Waals surface area contributed by atoms with Crippen molar-refractivity contribution >= 4 is 10.0 Å². The van der Waals surface area contributed by atoms with Gasteiger partial charge in [-0.2, -0.15) is 0 Å². The third-order valence-corrected chi connectivity index (χ3v) is 6.80. The van der Waals surface area contributed by atoms with Gasteiger partial charge in [0, 0.05) is 24.8 Å². The minimum Gasteiger partial charge on any atom is -0.337 e. The van der Waals surface area contributed by atoms with Crippen LogP contribution in [0.15, 0.2) is 59.5 Å². The van der Waals surface area contributed by atoms with Gasteiger partial charge in [-0.1, -0.05) is 48.0 Å². The maximum Gasteiger partial charge on any atom is 0.240 e. The van der Waals surface area contributed by atoms with Crippen molar-refractivity contribution < 1.29 is 13.3 Å². The molecule has 1 aliphatic heterocycles. The van der Waals surface area contributed by atoms with Crippen LogP contribution in [0, 0.1) is 6.92 Å². The summed E-state index contributed by atoms with van der Waals surface area (Å²) in [6.45, 7) is 4.51. The van der Waals surface area contributed by atoms with Gasteiger partial charge in [0.25, 0.3) is 0 Å². The molecule has 0 spiro atoms. The number of quaternary nitrogens is 1. The van der Waals surface area contributed by atoms with Crippen LogP contribution in [-0.4, -0.2) is 35.1 Å². The lowest BCUT2D eigenvalue weighted by atomic mass is 9.73. The molecule has 1 saturated heterocycles. The monoisotopic (exact) mass is 359 g/mol. The van der Waals surface area contributed by atoms with E-state index in [0.29, 0.717) is 11.4 Å². The molecular weight excluding hydrogens is 332 g/mol. The summed E-state index contributed by atoms with van der Waals surface area (Å²) in [5.41, 5.74) is 2.16. The number of piperidine rings is 1. The van der Waals surface area contributed by atoms with E-state index < -0.39 is 10.0 Å². The molecule has 2 aromatic carbocycles. The molecule has 1 heterocycles. The maximum atomic E-state index is 12.7. The Morgan fingerprint density at radius 1 is 1.00 bits per heavy atom. The number of hydrogen-bond donors (Lipinski definition) is 2. The molecule has 0 atom stereocenters. The van der Waals surface area contributed by atoms with Crippen molar-refractivity contribution in [1.29, 1.82) is 0 Å². The lowest BCUT2D eigenvalue weighted by molar-refractivity contribution is -0.886. The van der Waals surface area contributed by atoms with Crippen LogP contribution >= 0.6 is 0 Å². The number of nitrogens with one attached hydrogen (secondary N) is 2. The summed E-state index contributed by atoms with van der Waals surface area (Å²) in [5.74, 6) is 0. The molecule has 0 unspecified atom stereocenters. The van der Waals surface area contributed by atoms with E-state index in [-0.39, 0.29) is 5.41 Å². The highest BCUT2D eigenvalue weighted by atomic mass is 32.2. The predicted molar refractivity (Wildman–Crippen MR) is 100 cm³/mol. The summed E-state index contributed by atoms with van der Waals surface area (Å²) in [4.78, 5) is 1.84. The number of likely N-dealkylation sites (tertiary alicyclic amines) is 1. The maximum absolute atomic E-state index is 12.7. The van der Waals surface area contributed by atoms with Crippen LogP contribution in [0.1, 0.15) is 24.0 Å². The Morgan fingerprint density at radius 2 is 1.60 bits per heavy atom. The molecule has 0 bridgehead atoms. The zero-order chi connectivity index (χ0) is 17.9. The Kier molecular flexibility index (Phi) is 5.27. The molecule has 2 aromatic rings. The number of hydrogen-bond acceptors (Lipinski definition) is 2. The summed E-state index contributed by atoms with van der Waals surface area (Å²) < 4.78 is 28.3. The van der Waals surface area contributed by atoms with Crippen molar-refractivity contribution in [1.82, 2.24) is 4.72 Å². The Balaban J connectivity index is 1.83. The highest BCUT2D eigenvalue weighted by molar-refractivity contribution is 7.89. The minimum absolute atomic E-state index is 0.126. The highest BCUT2D eigenvalue weighted by Crippen LogP contribution is 2.32. The van der Waals surface area contributed by atoms with E-state index in [9.17, 15) is 8.42 Å². The molecule has 1 aliphatic rings. The van der Waals surface area contributed by atoms with Crippen molar-refractivity contribution in [3.63, 3.8) is 0 Å². The lowest BCUT2D eigenvalue weighted by Crippen LogP contribution is -3.10. The van der Waals surface area contributed by atoms with Crippen LogP contribution in [0.2, 0.25) is 0 Å². The Morgan fingerprint density at radius 3 is 2.20 bits per heavy atom. The molecule has 0 aromatic heterocycles. The third kappa shape index (κ3) is 4.11. The first-order chi connectivity index (χ1) is 11.9. The first-order valence-corrected chi connectivity index (χ1v) is 10.3. The van der Waals surface area contributed by atoms with Gasteiger partial charge in [-0.05, 0) is 24.6 Å². The molecule has 3 rings (SSSR count). The molecule has 4 nitrogen and oxygen atoms in total. The summed E-state index contributed by atoms with van der Waals surface area (Å²) in [7, 11) is -1.29. The van der Waals surface area contributed by atoms with Crippen molar-refractivity contribution in [3.8, 4) is 0 Å². The summed E-state index contributed by atoms with van der Waals surface area (Å²) >= 11 is 0. The fourth-order valence-corrected chi connectivity index (χ4v) is 4.68. The van der Waals surface area contributed by atoms with Gasteiger partial charge < -0.3 is 4.90 Å². The quantitative estimate of drug-likeness (QED) is 0.850. The summed E-state index contributed by atoms with van der Waals surface area (Å²) in [6, 6.07) is 17.3. The zero-order valence-corrected chi connectivity index (χ0v) is 15.8. The lowest BCUT2D eigenvalue weighted by Gasteiger charge is -2.39. The summed E-state index contributed by atoms with van der Waals surface area (Å²) in [5, 5.41) is 0. The van der Waals surface area contributed by atoms with E-state index in [2.05, 4.69) is 23.9 Å². The average Bonchev–Trinajstić information content (AvgIpc) is 2.63. The van der Waals surface area contributed by atoms with Gasteiger partial charge in [0.2, 0.25) is 10.0 Å². The van der Waals surface area contributed by atoms with Crippen molar-refractivity contribution in [2.45, 2.75) is 30.1 Å². The van der Waals surface area contributed by atoms with Crippen LogP contribution in [0.3, 0.4) is 0 Å². The topological polar surface area (TPSA) is 50.6 Å². The van der Waals surface area contributed by atoms with Crippen LogP contribution in [-0.2, 0) is 15.4 Å². The second kappa shape index (κ2) is 7.28. The largest absolute Gasteiger partial charge is 0.337 e. The van der Waals surface area contributed by atoms with Crippen LogP contribution in [0.4, 0.5) is 0 Å². The Labute approximate surface area is 150 Å². The second-order valence-electron chi connectivity index (χ2n) is 7.24. The molecule has 0 radical (unpaired) electrons. The fourth-order valence-electron chi connectivity index (χ4n) is 3.55. The van der Waals surface area contributed by atoms with E-state index in [4.69, 9.17) is 0 Å². The van der Waals surface area contributed by atoms with Crippen molar-refractivity contribution in [3.05, 3.63) is 65.7 Å². The highest BCUT2D eigenvalue weighted by Gasteiger charge is 2.38. The van der Waals surface area contributed by atoms with E-state index >= 15 is 0 Å². The average molecular weight is 360 g/mol. The number of rotatable bonds is 5. The molecule has 0 amide bonds. The van der Waals surface area contributed by atoms with Gasteiger partial charge in [-0.25, -0.2) is 13.1 Å². The molecule has 0 saturated carbocycles. The molecule has 25 heavy (non-hydrogen) atoms. The minimum atomic E-state index is -3.49. The smallest absolute Gasteiger partial charge is 0.240 e. The van der Waals surface area contributed by atoms with Gasteiger partial charge in [0.15, 0.2) is 0 Å². The molecule has 0 aliphatic carbocycles. The molecular formula is C20H27N2O2S+. The molecule has 2 N–H and O–H groups in total. The van der Waals surface area contributed by atoms with Crippen LogP contribution < -0.4 is 9.62 Å². The number of sulfonamides is 1. The van der Waals surface area contributed by atoms with Gasteiger partial charge in [0.05, 0.1) is 25.0 Å². The number of aryl methyl sites for hydroxylation is 1. The summed E-state index contributed by atoms with van der Waals surface area (Å²) in [6.07, 6.45) is 1.97. The van der Waals surface area contributed by atoms with Crippen molar-refractivity contribution in [2.24, 2.45) is 0 Å². The first-order valence-electron chi connectivity index (χ1n) is 8.84. The van der Waals surface area contributed by atoms with E-state index in [1.54, 1.807) is 12.1 Å². The normalized spacial score (nSPS) is 24.2. The SMILES string of the molecule is Cc1ccc(S(=O)(=O)NCC2(c3ccccc3)CC[NH+](C)CC2)cc1. The van der Waals surface area contributed by atoms with E-state index in [0.717, 1.165) is 31.5 Å². The Bertz CT molecular complexity index is 793. The molecule has 5 heteroatoms. The van der Waals surface area contributed by atoms with E-state index in [1.165, 1.54) is 10.5 Å². The Hall–Kier alpha value is -1.69. The van der Waals surface area contributed by atoms with Gasteiger partial charge in [0.1, 0.15) is 0 Å².